The Hall–Kier alpha value is -2.08. The number of amides is 2. The van der Waals surface area contributed by atoms with Crippen LogP contribution in [0.5, 0.6) is 0 Å². The van der Waals surface area contributed by atoms with Crippen molar-refractivity contribution in [1.82, 2.24) is 0 Å². The van der Waals surface area contributed by atoms with E-state index in [9.17, 15) is 9.59 Å². The van der Waals surface area contributed by atoms with Crippen LogP contribution in [0.15, 0.2) is 24.3 Å². The van der Waals surface area contributed by atoms with E-state index in [1.54, 1.807) is 0 Å². The van der Waals surface area contributed by atoms with E-state index in [2.05, 4.69) is 12.1 Å². The lowest BCUT2D eigenvalue weighted by molar-refractivity contribution is -0.123. The van der Waals surface area contributed by atoms with Gasteiger partial charge < -0.3 is 40.9 Å². The number of carbonyl (C=O) groups excluding carboxylic acids is 2. The van der Waals surface area contributed by atoms with Crippen molar-refractivity contribution in [3.8, 4) is 0 Å². The van der Waals surface area contributed by atoms with Gasteiger partial charge in [-0.2, -0.15) is 0 Å². The molecule has 0 aliphatic carbocycles. The second-order valence-electron chi connectivity index (χ2n) is 7.56. The fourth-order valence-corrected chi connectivity index (χ4v) is 2.75. The van der Waals surface area contributed by atoms with Crippen molar-refractivity contribution >= 4 is 11.8 Å². The van der Waals surface area contributed by atoms with Gasteiger partial charge in [0.25, 0.3) is 0 Å². The van der Waals surface area contributed by atoms with E-state index in [1.165, 1.54) is 5.56 Å². The summed E-state index contributed by atoms with van der Waals surface area (Å²) in [6, 6.07) is 8.09. The summed E-state index contributed by atoms with van der Waals surface area (Å²) in [6.45, 7) is 4.20. The summed E-state index contributed by atoms with van der Waals surface area (Å²) in [6.07, 6.45) is 2.68. The quantitative estimate of drug-likeness (QED) is 0.204. The molecule has 10 nitrogen and oxygen atoms in total. The van der Waals surface area contributed by atoms with Crippen molar-refractivity contribution in [2.45, 2.75) is 38.3 Å². The molecule has 6 N–H and O–H groups in total. The zero-order valence-corrected chi connectivity index (χ0v) is 19.4. The van der Waals surface area contributed by atoms with Crippen LogP contribution in [0.4, 0.5) is 0 Å². The number of rotatable bonds is 22. The minimum Gasteiger partial charge on any atom is -0.379 e. The normalized spacial score (nSPS) is 12.0. The highest BCUT2D eigenvalue weighted by atomic mass is 16.6. The van der Waals surface area contributed by atoms with Crippen molar-refractivity contribution in [2.24, 2.45) is 17.2 Å². The van der Waals surface area contributed by atoms with Gasteiger partial charge >= 0.3 is 0 Å². The van der Waals surface area contributed by atoms with Crippen LogP contribution in [0.3, 0.4) is 0 Å². The molecular formula is C23H39N3O7. The average Bonchev–Trinajstić information content (AvgIpc) is 2.78. The molecule has 0 bridgehead atoms. The van der Waals surface area contributed by atoms with E-state index in [-0.39, 0.29) is 25.0 Å². The van der Waals surface area contributed by atoms with Crippen molar-refractivity contribution in [3.05, 3.63) is 35.4 Å². The van der Waals surface area contributed by atoms with Gasteiger partial charge in [0.05, 0.1) is 52.9 Å². The molecular weight excluding hydrogens is 430 g/mol. The zero-order valence-electron chi connectivity index (χ0n) is 19.4. The van der Waals surface area contributed by atoms with Gasteiger partial charge in [0.15, 0.2) is 0 Å². The Morgan fingerprint density at radius 1 is 0.727 bits per heavy atom. The Morgan fingerprint density at radius 3 is 1.85 bits per heavy atom. The molecule has 0 aliphatic heterocycles. The van der Waals surface area contributed by atoms with Crippen molar-refractivity contribution in [3.63, 3.8) is 0 Å². The zero-order chi connectivity index (χ0) is 24.2. The van der Waals surface area contributed by atoms with E-state index in [4.69, 9.17) is 40.9 Å². The Morgan fingerprint density at radius 2 is 1.27 bits per heavy atom. The minimum absolute atomic E-state index is 0.0884. The third kappa shape index (κ3) is 18.1. The molecule has 1 atom stereocenters. The molecule has 1 rings (SSSR count). The van der Waals surface area contributed by atoms with E-state index in [0.717, 1.165) is 18.4 Å². The lowest BCUT2D eigenvalue weighted by Crippen LogP contribution is -2.28. The summed E-state index contributed by atoms with van der Waals surface area (Å²) in [5, 5.41) is 0. The summed E-state index contributed by atoms with van der Waals surface area (Å²) >= 11 is 0. The molecule has 0 fully saturated rings. The van der Waals surface area contributed by atoms with Crippen LogP contribution in [0.25, 0.3) is 0 Å². The van der Waals surface area contributed by atoms with E-state index < -0.39 is 5.91 Å². The maximum Gasteiger partial charge on any atom is 0.243 e. The largest absolute Gasteiger partial charge is 0.379 e. The topological polar surface area (TPSA) is 158 Å². The summed E-state index contributed by atoms with van der Waals surface area (Å²) < 4.78 is 26.9. The number of carbonyl (C=O) groups is 2. The SMILES string of the molecule is NC(=O)CC[C@H](N)COCc1ccc(CCCOCCOCCOCCOCC(N)=O)cc1. The first kappa shape index (κ1) is 29.0. The molecule has 0 aliphatic rings. The Balaban J connectivity index is 1.93. The van der Waals surface area contributed by atoms with Gasteiger partial charge in [-0.15, -0.1) is 0 Å². The van der Waals surface area contributed by atoms with Gasteiger partial charge in [0, 0.05) is 19.1 Å². The molecule has 33 heavy (non-hydrogen) atoms. The molecule has 0 saturated heterocycles. The summed E-state index contributed by atoms with van der Waals surface area (Å²) in [4.78, 5) is 21.2. The number of hydrogen-bond acceptors (Lipinski definition) is 8. The lowest BCUT2D eigenvalue weighted by atomic mass is 10.1. The van der Waals surface area contributed by atoms with Gasteiger partial charge in [-0.1, -0.05) is 24.3 Å². The van der Waals surface area contributed by atoms with Gasteiger partial charge in [-0.05, 0) is 30.4 Å². The second-order valence-corrected chi connectivity index (χ2v) is 7.56. The van der Waals surface area contributed by atoms with Crippen molar-refractivity contribution < 1.29 is 33.3 Å². The molecule has 1 aromatic rings. The first-order valence-corrected chi connectivity index (χ1v) is 11.3. The van der Waals surface area contributed by atoms with Crippen LogP contribution in [0.1, 0.15) is 30.4 Å². The molecule has 0 spiro atoms. The Labute approximate surface area is 196 Å². The monoisotopic (exact) mass is 469 g/mol. The maximum absolute atomic E-state index is 10.7. The van der Waals surface area contributed by atoms with Crippen LogP contribution in [-0.4, -0.2) is 77.3 Å². The van der Waals surface area contributed by atoms with Gasteiger partial charge in [0.2, 0.25) is 11.8 Å². The first-order valence-electron chi connectivity index (χ1n) is 11.3. The van der Waals surface area contributed by atoms with Crippen LogP contribution in [-0.2, 0) is 46.3 Å². The highest BCUT2D eigenvalue weighted by Crippen LogP contribution is 2.08. The number of nitrogens with two attached hydrogens (primary N) is 3. The third-order valence-corrected chi connectivity index (χ3v) is 4.50. The van der Waals surface area contributed by atoms with E-state index >= 15 is 0 Å². The first-order chi connectivity index (χ1) is 16.0. The highest BCUT2D eigenvalue weighted by Gasteiger charge is 2.05. The van der Waals surface area contributed by atoms with Crippen LogP contribution < -0.4 is 17.2 Å². The molecule has 2 amide bonds. The average molecular weight is 470 g/mol. The predicted octanol–water partition coefficient (Wildman–Crippen LogP) is 0.280. The standard InChI is InChI=1S/C23H39N3O7/c24-21(7-8-22(25)27)17-33-16-20-5-3-19(4-6-20)2-1-9-29-10-11-30-12-13-31-14-15-32-18-23(26)28/h3-6,21H,1-2,7-18,24H2,(H2,25,27)(H2,26,28)/t21-/m0/s1. The van der Waals surface area contributed by atoms with Crippen molar-refractivity contribution in [1.29, 1.82) is 0 Å². The molecule has 1 aromatic carbocycles. The van der Waals surface area contributed by atoms with Gasteiger partial charge in [-0.3, -0.25) is 9.59 Å². The third-order valence-electron chi connectivity index (χ3n) is 4.50. The predicted molar refractivity (Wildman–Crippen MR) is 123 cm³/mol. The molecule has 0 saturated carbocycles. The van der Waals surface area contributed by atoms with Crippen LogP contribution >= 0.6 is 0 Å². The number of ether oxygens (including phenoxy) is 5. The summed E-state index contributed by atoms with van der Waals surface area (Å²) in [5.74, 6) is -0.834. The maximum atomic E-state index is 10.7. The molecule has 10 heteroatoms. The smallest absolute Gasteiger partial charge is 0.243 e. The second kappa shape index (κ2) is 19.4. The van der Waals surface area contributed by atoms with E-state index in [0.29, 0.717) is 65.9 Å². The summed E-state index contributed by atoms with van der Waals surface area (Å²) in [5.41, 5.74) is 18.3. The van der Waals surface area contributed by atoms with E-state index in [1.807, 2.05) is 12.1 Å². The minimum atomic E-state index is -0.491. The number of hydrogen-bond donors (Lipinski definition) is 3. The van der Waals surface area contributed by atoms with Crippen molar-refractivity contribution in [2.75, 3.05) is 59.5 Å². The number of primary amides is 2. The molecule has 0 aromatic heterocycles. The van der Waals surface area contributed by atoms with Crippen LogP contribution in [0.2, 0.25) is 0 Å². The molecule has 0 radical (unpaired) electrons. The highest BCUT2D eigenvalue weighted by molar-refractivity contribution is 5.75. The fourth-order valence-electron chi connectivity index (χ4n) is 2.75. The number of benzene rings is 1. The molecule has 188 valence electrons. The number of aryl methyl sites for hydroxylation is 1. The Kier molecular flexibility index (Phi) is 17.0. The van der Waals surface area contributed by atoms with Gasteiger partial charge in [-0.25, -0.2) is 0 Å². The van der Waals surface area contributed by atoms with Gasteiger partial charge in [0.1, 0.15) is 6.61 Å². The molecule has 0 heterocycles. The Bertz CT molecular complexity index is 643. The van der Waals surface area contributed by atoms with Crippen LogP contribution in [0, 0.1) is 0 Å². The fraction of sp³-hybridized carbons (Fsp3) is 0.652. The summed E-state index contributed by atoms with van der Waals surface area (Å²) in [7, 11) is 0. The lowest BCUT2D eigenvalue weighted by Gasteiger charge is -2.11. The molecule has 0 unspecified atom stereocenters.